The van der Waals surface area contributed by atoms with Gasteiger partial charge < -0.3 is 13.9 Å². The third kappa shape index (κ3) is 5.00. The van der Waals surface area contributed by atoms with Crippen LogP contribution in [0.15, 0.2) is 85.5 Å². The van der Waals surface area contributed by atoms with E-state index in [1.54, 1.807) is 43.3 Å². The summed E-state index contributed by atoms with van der Waals surface area (Å²) in [6.07, 6.45) is 0.663. The highest BCUT2D eigenvalue weighted by molar-refractivity contribution is 9.10. The van der Waals surface area contributed by atoms with Crippen molar-refractivity contribution in [3.8, 4) is 17.3 Å². The molecule has 10 heteroatoms. The molecule has 0 saturated carbocycles. The van der Waals surface area contributed by atoms with Gasteiger partial charge in [-0.1, -0.05) is 39.7 Å². The van der Waals surface area contributed by atoms with E-state index in [1.165, 1.54) is 18.0 Å². The molecule has 0 radical (unpaired) electrons. The minimum atomic E-state index is -0.823. The van der Waals surface area contributed by atoms with Gasteiger partial charge in [0.2, 0.25) is 5.82 Å². The Bertz CT molecular complexity index is 1740. The fourth-order valence-electron chi connectivity index (χ4n) is 3.74. The van der Waals surface area contributed by atoms with Crippen LogP contribution in [0.5, 0.6) is 5.75 Å². The van der Waals surface area contributed by atoms with Crippen molar-refractivity contribution in [2.24, 2.45) is 5.10 Å². The summed E-state index contributed by atoms with van der Waals surface area (Å²) in [6.45, 7) is 1.56. The topological polar surface area (TPSA) is 95.9 Å². The SMILES string of the molecule is COC(=O)[C@@H](C)Oc1ccc(C=Nn2c(-c3cc4cc(Br)ccc4o3)nc3ccccc3c2=O)cc1Cl. The van der Waals surface area contributed by atoms with Crippen LogP contribution in [0, 0.1) is 0 Å². The van der Waals surface area contributed by atoms with Gasteiger partial charge in [0.1, 0.15) is 11.3 Å². The first-order valence-corrected chi connectivity index (χ1v) is 12.3. The second kappa shape index (κ2) is 10.2. The Morgan fingerprint density at radius 1 is 1.16 bits per heavy atom. The average Bonchev–Trinajstić information content (AvgIpc) is 3.32. The third-order valence-corrected chi connectivity index (χ3v) is 6.36. The van der Waals surface area contributed by atoms with Gasteiger partial charge in [-0.05, 0) is 67.1 Å². The van der Waals surface area contributed by atoms with Crippen LogP contribution in [0.2, 0.25) is 5.02 Å². The number of carbonyl (C=O) groups is 1. The minimum absolute atomic E-state index is 0.255. The van der Waals surface area contributed by atoms with Gasteiger partial charge in [0.15, 0.2) is 11.9 Å². The van der Waals surface area contributed by atoms with E-state index in [-0.39, 0.29) is 16.4 Å². The number of benzene rings is 3. The van der Waals surface area contributed by atoms with Crippen molar-refractivity contribution < 1.29 is 18.7 Å². The van der Waals surface area contributed by atoms with Crippen LogP contribution in [-0.2, 0) is 9.53 Å². The predicted octanol–water partition coefficient (Wildman–Crippen LogP) is 6.05. The zero-order chi connectivity index (χ0) is 26.1. The summed E-state index contributed by atoms with van der Waals surface area (Å²) in [5.74, 6) is 0.447. The second-order valence-corrected chi connectivity index (χ2v) is 9.40. The van der Waals surface area contributed by atoms with Crippen molar-refractivity contribution in [1.82, 2.24) is 9.66 Å². The number of ether oxygens (including phenoxy) is 2. The molecule has 0 aliphatic heterocycles. The minimum Gasteiger partial charge on any atom is -0.477 e. The molecule has 0 fully saturated rings. The van der Waals surface area contributed by atoms with Gasteiger partial charge >= 0.3 is 5.97 Å². The normalized spacial score (nSPS) is 12.3. The predicted molar refractivity (Wildman–Crippen MR) is 145 cm³/mol. The van der Waals surface area contributed by atoms with Crippen LogP contribution in [0.4, 0.5) is 0 Å². The number of hydrogen-bond acceptors (Lipinski definition) is 7. The molecular weight excluding hydrogens is 562 g/mol. The first-order chi connectivity index (χ1) is 17.8. The number of carbonyl (C=O) groups excluding carboxylic acids is 1. The lowest BCUT2D eigenvalue weighted by Crippen LogP contribution is -2.25. The first-order valence-electron chi connectivity index (χ1n) is 11.1. The van der Waals surface area contributed by atoms with E-state index in [2.05, 4.69) is 30.8 Å². The fourth-order valence-corrected chi connectivity index (χ4v) is 4.35. The summed E-state index contributed by atoms with van der Waals surface area (Å²) in [4.78, 5) is 29.7. The molecule has 186 valence electrons. The quantitative estimate of drug-likeness (QED) is 0.179. The van der Waals surface area contributed by atoms with Crippen molar-refractivity contribution >= 4 is 61.6 Å². The van der Waals surface area contributed by atoms with Crippen LogP contribution in [0.1, 0.15) is 12.5 Å². The van der Waals surface area contributed by atoms with E-state index in [4.69, 9.17) is 20.8 Å². The Morgan fingerprint density at radius 2 is 1.97 bits per heavy atom. The van der Waals surface area contributed by atoms with E-state index in [0.29, 0.717) is 33.6 Å². The molecule has 0 N–H and O–H groups in total. The van der Waals surface area contributed by atoms with Gasteiger partial charge in [0, 0.05) is 9.86 Å². The van der Waals surface area contributed by atoms with Crippen LogP contribution >= 0.6 is 27.5 Å². The van der Waals surface area contributed by atoms with Gasteiger partial charge in [-0.25, -0.2) is 9.78 Å². The molecule has 1 atom stereocenters. The van der Waals surface area contributed by atoms with Crippen LogP contribution in [0.25, 0.3) is 33.5 Å². The average molecular weight is 581 g/mol. The molecule has 0 spiro atoms. The molecule has 0 unspecified atom stereocenters. The second-order valence-electron chi connectivity index (χ2n) is 8.08. The Morgan fingerprint density at radius 3 is 2.76 bits per heavy atom. The van der Waals surface area contributed by atoms with E-state index in [9.17, 15) is 9.59 Å². The fraction of sp³-hybridized carbons (Fsp3) is 0.111. The lowest BCUT2D eigenvalue weighted by Gasteiger charge is -2.13. The highest BCUT2D eigenvalue weighted by Gasteiger charge is 2.18. The van der Waals surface area contributed by atoms with Crippen molar-refractivity contribution in [3.63, 3.8) is 0 Å². The van der Waals surface area contributed by atoms with E-state index >= 15 is 0 Å². The molecule has 0 aliphatic rings. The standard InChI is InChI=1S/C27H19BrClN3O5/c1-15(27(34)35-2)36-23-9-7-16(11-20(23)29)14-30-32-25(31-21-6-4-3-5-19(21)26(32)33)24-13-17-12-18(28)8-10-22(17)37-24/h3-15H,1-2H3/t15-/m1/s1. The number of halogens is 2. The zero-order valence-electron chi connectivity index (χ0n) is 19.6. The lowest BCUT2D eigenvalue weighted by molar-refractivity contribution is -0.147. The molecule has 0 aliphatic carbocycles. The molecule has 37 heavy (non-hydrogen) atoms. The number of furan rings is 1. The van der Waals surface area contributed by atoms with Crippen molar-refractivity contribution in [1.29, 1.82) is 0 Å². The summed E-state index contributed by atoms with van der Waals surface area (Å²) >= 11 is 9.82. The van der Waals surface area contributed by atoms with E-state index in [1.807, 2.05) is 30.3 Å². The molecule has 2 heterocycles. The number of methoxy groups -OCH3 is 1. The molecule has 5 aromatic rings. The number of hydrogen-bond donors (Lipinski definition) is 0. The van der Waals surface area contributed by atoms with Gasteiger partial charge in [0.25, 0.3) is 5.56 Å². The van der Waals surface area contributed by atoms with Crippen LogP contribution < -0.4 is 10.3 Å². The van der Waals surface area contributed by atoms with Gasteiger partial charge in [-0.3, -0.25) is 4.79 Å². The summed E-state index contributed by atoms with van der Waals surface area (Å²) in [5.41, 5.74) is 1.43. The van der Waals surface area contributed by atoms with Crippen LogP contribution in [0.3, 0.4) is 0 Å². The largest absolute Gasteiger partial charge is 0.477 e. The Hall–Kier alpha value is -3.95. The summed E-state index contributed by atoms with van der Waals surface area (Å²) in [7, 11) is 1.28. The molecule has 5 rings (SSSR count). The van der Waals surface area contributed by atoms with Gasteiger partial charge in [-0.2, -0.15) is 9.78 Å². The zero-order valence-corrected chi connectivity index (χ0v) is 22.0. The van der Waals surface area contributed by atoms with Crippen LogP contribution in [-0.4, -0.2) is 35.1 Å². The summed E-state index contributed by atoms with van der Waals surface area (Å²) in [6, 6.07) is 19.4. The first kappa shape index (κ1) is 24.7. The summed E-state index contributed by atoms with van der Waals surface area (Å²) < 4.78 is 18.4. The molecular formula is C27H19BrClN3O5. The summed E-state index contributed by atoms with van der Waals surface area (Å²) in [5, 5.41) is 5.98. The molecule has 3 aromatic carbocycles. The maximum absolute atomic E-state index is 13.4. The Kier molecular flexibility index (Phi) is 6.82. The molecule has 0 amide bonds. The number of rotatable bonds is 6. The maximum atomic E-state index is 13.4. The Labute approximate surface area is 224 Å². The third-order valence-electron chi connectivity index (χ3n) is 5.57. The number of nitrogens with zero attached hydrogens (tertiary/aromatic N) is 3. The number of para-hydroxylation sites is 1. The molecule has 2 aromatic heterocycles. The van der Waals surface area contributed by atoms with Gasteiger partial charge in [-0.15, -0.1) is 0 Å². The lowest BCUT2D eigenvalue weighted by atomic mass is 10.2. The molecule has 0 bridgehead atoms. The number of fused-ring (bicyclic) bond motifs is 2. The van der Waals surface area contributed by atoms with Crippen molar-refractivity contribution in [3.05, 3.63) is 92.1 Å². The smallest absolute Gasteiger partial charge is 0.346 e. The van der Waals surface area contributed by atoms with E-state index < -0.39 is 12.1 Å². The maximum Gasteiger partial charge on any atom is 0.346 e. The molecule has 8 nitrogen and oxygen atoms in total. The Balaban J connectivity index is 1.56. The van der Waals surface area contributed by atoms with E-state index in [0.717, 1.165) is 9.86 Å². The monoisotopic (exact) mass is 579 g/mol. The van der Waals surface area contributed by atoms with Crippen molar-refractivity contribution in [2.45, 2.75) is 13.0 Å². The number of esters is 1. The van der Waals surface area contributed by atoms with Gasteiger partial charge in [0.05, 0.1) is 29.2 Å². The molecule has 0 saturated heterocycles. The highest BCUT2D eigenvalue weighted by atomic mass is 79.9. The number of aromatic nitrogens is 2. The highest BCUT2D eigenvalue weighted by Crippen LogP contribution is 2.30. The van der Waals surface area contributed by atoms with Crippen molar-refractivity contribution in [2.75, 3.05) is 7.11 Å².